The van der Waals surface area contributed by atoms with E-state index in [1.165, 1.54) is 6.20 Å². The zero-order valence-corrected chi connectivity index (χ0v) is 17.0. The molecule has 0 radical (unpaired) electrons. The van der Waals surface area contributed by atoms with E-state index in [2.05, 4.69) is 5.32 Å². The van der Waals surface area contributed by atoms with E-state index >= 15 is 4.39 Å². The zero-order chi connectivity index (χ0) is 21.7. The van der Waals surface area contributed by atoms with Crippen LogP contribution in [0.1, 0.15) is 34.9 Å². The van der Waals surface area contributed by atoms with Gasteiger partial charge in [-0.3, -0.25) is 4.79 Å². The molecular formula is C23H22FN3O4. The monoisotopic (exact) mass is 423 g/mol. The van der Waals surface area contributed by atoms with Crippen LogP contribution in [0.15, 0.2) is 47.4 Å². The molecule has 1 fully saturated rings. The summed E-state index contributed by atoms with van der Waals surface area (Å²) in [5.41, 5.74) is 0.800. The number of anilines is 1. The Morgan fingerprint density at radius 2 is 2.06 bits per heavy atom. The lowest BCUT2D eigenvalue weighted by atomic mass is 10.0. The number of carbonyl (C=O) groups is 1. The van der Waals surface area contributed by atoms with Crippen LogP contribution in [-0.4, -0.2) is 41.9 Å². The van der Waals surface area contributed by atoms with Gasteiger partial charge in [0.1, 0.15) is 17.9 Å². The number of carboxylic acids is 1. The molecule has 5 rings (SSSR count). The molecule has 2 aliphatic heterocycles. The highest BCUT2D eigenvalue weighted by Crippen LogP contribution is 2.42. The number of nitrogens with zero attached hydrogens (tertiary/aromatic N) is 2. The third-order valence-electron chi connectivity index (χ3n) is 6.07. The highest BCUT2D eigenvalue weighted by molar-refractivity contribution is 5.97. The Hall–Kier alpha value is -3.39. The number of aromatic nitrogens is 1. The maximum atomic E-state index is 15.4. The molecule has 0 unspecified atom stereocenters. The summed E-state index contributed by atoms with van der Waals surface area (Å²) < 4.78 is 23.1. The van der Waals surface area contributed by atoms with E-state index in [4.69, 9.17) is 4.74 Å². The first-order valence-electron chi connectivity index (χ1n) is 10.3. The topological polar surface area (TPSA) is 83.8 Å². The molecule has 160 valence electrons. The first kappa shape index (κ1) is 19.6. The van der Waals surface area contributed by atoms with Gasteiger partial charge in [-0.25, -0.2) is 9.18 Å². The molecule has 31 heavy (non-hydrogen) atoms. The summed E-state index contributed by atoms with van der Waals surface area (Å²) in [6, 6.07) is 11.0. The molecular weight excluding hydrogens is 401 g/mol. The van der Waals surface area contributed by atoms with Crippen molar-refractivity contribution >= 4 is 22.6 Å². The van der Waals surface area contributed by atoms with Crippen molar-refractivity contribution in [3.63, 3.8) is 0 Å². The Balaban J connectivity index is 1.67. The van der Waals surface area contributed by atoms with Crippen LogP contribution in [0.4, 0.5) is 10.1 Å². The molecule has 2 aliphatic rings. The maximum absolute atomic E-state index is 15.4. The normalized spacial score (nSPS) is 20.5. The Morgan fingerprint density at radius 1 is 1.29 bits per heavy atom. The van der Waals surface area contributed by atoms with Crippen LogP contribution in [0.5, 0.6) is 5.75 Å². The van der Waals surface area contributed by atoms with Gasteiger partial charge >= 0.3 is 5.97 Å². The van der Waals surface area contributed by atoms with Crippen LogP contribution in [-0.2, 0) is 0 Å². The summed E-state index contributed by atoms with van der Waals surface area (Å²) in [4.78, 5) is 26.3. The van der Waals surface area contributed by atoms with Crippen LogP contribution in [0.25, 0.3) is 10.9 Å². The Bertz CT molecular complexity index is 1240. The molecule has 3 aromatic rings. The summed E-state index contributed by atoms with van der Waals surface area (Å²) in [5, 5.41) is 12.9. The summed E-state index contributed by atoms with van der Waals surface area (Å²) in [6.45, 7) is 3.91. The number of ether oxygens (including phenoxy) is 1. The molecule has 7 nitrogen and oxygen atoms in total. The van der Waals surface area contributed by atoms with E-state index in [1.807, 2.05) is 42.2 Å². The highest BCUT2D eigenvalue weighted by atomic mass is 19.1. The molecule has 0 aliphatic carbocycles. The van der Waals surface area contributed by atoms with Crippen molar-refractivity contribution in [2.45, 2.75) is 19.0 Å². The lowest BCUT2D eigenvalue weighted by molar-refractivity contribution is 0.0694. The molecule has 1 saturated heterocycles. The summed E-state index contributed by atoms with van der Waals surface area (Å²) in [7, 11) is 0. The fourth-order valence-corrected chi connectivity index (χ4v) is 4.52. The quantitative estimate of drug-likeness (QED) is 0.674. The van der Waals surface area contributed by atoms with Gasteiger partial charge in [0.15, 0.2) is 11.6 Å². The van der Waals surface area contributed by atoms with Crippen LogP contribution >= 0.6 is 0 Å². The lowest BCUT2D eigenvalue weighted by Gasteiger charge is -2.38. The minimum absolute atomic E-state index is 0.0244. The maximum Gasteiger partial charge on any atom is 0.341 e. The van der Waals surface area contributed by atoms with Gasteiger partial charge in [0.2, 0.25) is 5.43 Å². The first-order valence-corrected chi connectivity index (χ1v) is 10.3. The highest BCUT2D eigenvalue weighted by Gasteiger charge is 2.32. The van der Waals surface area contributed by atoms with Gasteiger partial charge in [-0.1, -0.05) is 30.3 Å². The molecule has 0 spiro atoms. The second kappa shape index (κ2) is 7.39. The smallest absolute Gasteiger partial charge is 0.341 e. The predicted octanol–water partition coefficient (Wildman–Crippen LogP) is 2.94. The zero-order valence-electron chi connectivity index (χ0n) is 17.0. The van der Waals surface area contributed by atoms with Crippen molar-refractivity contribution in [1.29, 1.82) is 0 Å². The van der Waals surface area contributed by atoms with Crippen molar-refractivity contribution in [2.75, 3.05) is 31.1 Å². The number of rotatable bonds is 3. The van der Waals surface area contributed by atoms with Gasteiger partial charge in [0.25, 0.3) is 0 Å². The second-order valence-corrected chi connectivity index (χ2v) is 8.04. The van der Waals surface area contributed by atoms with Gasteiger partial charge in [0, 0.05) is 31.9 Å². The summed E-state index contributed by atoms with van der Waals surface area (Å²) >= 11 is 0. The van der Waals surface area contributed by atoms with Crippen molar-refractivity contribution in [3.05, 3.63) is 69.8 Å². The van der Waals surface area contributed by atoms with Gasteiger partial charge in [-0.2, -0.15) is 0 Å². The number of hydrogen-bond donors (Lipinski definition) is 2. The number of nitrogens with one attached hydrogen (secondary N) is 1. The average molecular weight is 423 g/mol. The minimum Gasteiger partial charge on any atom is -0.487 e. The van der Waals surface area contributed by atoms with Crippen molar-refractivity contribution in [2.24, 2.45) is 0 Å². The van der Waals surface area contributed by atoms with E-state index in [1.54, 1.807) is 4.57 Å². The molecule has 3 heterocycles. The standard InChI is InChI=1S/C23H22FN3O4/c1-13-12-31-22-19-15(21(28)16(23(29)30)10-27(13)19)9-17(24)20(22)26-8-7-25-18(11-26)14-5-3-2-4-6-14/h2-6,9-10,13,18,25H,7-8,11-12H2,1H3,(H,29,30)/t13-,18+/m0/s1. The largest absolute Gasteiger partial charge is 0.487 e. The summed E-state index contributed by atoms with van der Waals surface area (Å²) in [5.74, 6) is -1.61. The number of benzene rings is 2. The Kier molecular flexibility index (Phi) is 4.66. The predicted molar refractivity (Wildman–Crippen MR) is 115 cm³/mol. The van der Waals surface area contributed by atoms with E-state index in [0.717, 1.165) is 11.6 Å². The summed E-state index contributed by atoms with van der Waals surface area (Å²) in [6.07, 6.45) is 1.34. The molecule has 8 heteroatoms. The Morgan fingerprint density at radius 3 is 2.81 bits per heavy atom. The molecule has 0 saturated carbocycles. The fourth-order valence-electron chi connectivity index (χ4n) is 4.52. The van der Waals surface area contributed by atoms with Gasteiger partial charge in [-0.05, 0) is 18.6 Å². The lowest BCUT2D eigenvalue weighted by Crippen LogP contribution is -2.46. The number of halogens is 1. The van der Waals surface area contributed by atoms with Crippen LogP contribution < -0.4 is 20.4 Å². The number of pyridine rings is 1. The fraction of sp³-hybridized carbons (Fsp3) is 0.304. The van der Waals surface area contributed by atoms with Crippen LogP contribution in [0.3, 0.4) is 0 Å². The second-order valence-electron chi connectivity index (χ2n) is 8.04. The van der Waals surface area contributed by atoms with Gasteiger partial charge in [-0.15, -0.1) is 0 Å². The SMILES string of the molecule is C[C@H]1COc2c(N3CCN[C@@H](c4ccccc4)C3)c(F)cc3c(=O)c(C(=O)O)cn1c23. The molecule has 2 aromatic carbocycles. The number of carboxylic acid groups (broad SMARTS) is 1. The van der Waals surface area contributed by atoms with E-state index in [9.17, 15) is 14.7 Å². The number of piperazine rings is 1. The van der Waals surface area contributed by atoms with Crippen LogP contribution in [0.2, 0.25) is 0 Å². The number of hydrogen-bond acceptors (Lipinski definition) is 5. The van der Waals surface area contributed by atoms with Crippen molar-refractivity contribution in [1.82, 2.24) is 9.88 Å². The van der Waals surface area contributed by atoms with Crippen molar-refractivity contribution in [3.8, 4) is 5.75 Å². The van der Waals surface area contributed by atoms with Gasteiger partial charge in [0.05, 0.1) is 16.9 Å². The minimum atomic E-state index is -1.33. The van der Waals surface area contributed by atoms with E-state index in [0.29, 0.717) is 36.6 Å². The molecule has 1 aromatic heterocycles. The van der Waals surface area contributed by atoms with Crippen molar-refractivity contribution < 1.29 is 19.0 Å². The third-order valence-corrected chi connectivity index (χ3v) is 6.07. The van der Waals surface area contributed by atoms with E-state index in [-0.39, 0.29) is 29.6 Å². The molecule has 0 bridgehead atoms. The van der Waals surface area contributed by atoms with Crippen LogP contribution in [0, 0.1) is 5.82 Å². The Labute approximate surface area is 177 Å². The molecule has 2 atom stereocenters. The number of aromatic carboxylic acids is 1. The molecule has 0 amide bonds. The third kappa shape index (κ3) is 3.14. The van der Waals surface area contributed by atoms with Gasteiger partial charge < -0.3 is 24.6 Å². The average Bonchev–Trinajstić information content (AvgIpc) is 2.78. The molecule has 2 N–H and O–H groups in total. The van der Waals surface area contributed by atoms with E-state index < -0.39 is 17.2 Å². The first-order chi connectivity index (χ1) is 15.0.